The molecule has 0 aromatic heterocycles. The van der Waals surface area contributed by atoms with Crippen molar-refractivity contribution in [3.63, 3.8) is 0 Å². The number of methoxy groups -OCH3 is 1. The van der Waals surface area contributed by atoms with Crippen LogP contribution in [0.1, 0.15) is 73.1 Å². The van der Waals surface area contributed by atoms with E-state index < -0.39 is 6.16 Å². The number of rotatable bonds is 3. The van der Waals surface area contributed by atoms with Crippen molar-refractivity contribution in [2.75, 3.05) is 7.11 Å². The zero-order valence-corrected chi connectivity index (χ0v) is 14.7. The molecule has 2 saturated carbocycles. The largest absolute Gasteiger partial charge is 0.508 e. The number of ether oxygens (including phenoxy) is 3. The van der Waals surface area contributed by atoms with E-state index >= 15 is 0 Å². The van der Waals surface area contributed by atoms with Crippen LogP contribution in [0.4, 0.5) is 4.79 Å². The summed E-state index contributed by atoms with van der Waals surface area (Å²) in [7, 11) is 1.66. The number of hydrogen-bond donors (Lipinski definition) is 0. The van der Waals surface area contributed by atoms with E-state index in [0.29, 0.717) is 5.92 Å². The molecular formula is C17H34O4. The van der Waals surface area contributed by atoms with Gasteiger partial charge in [-0.1, -0.05) is 34.6 Å². The van der Waals surface area contributed by atoms with Crippen molar-refractivity contribution >= 4 is 6.16 Å². The number of carbonyl (C=O) groups is 1. The van der Waals surface area contributed by atoms with Crippen LogP contribution in [0.25, 0.3) is 0 Å². The van der Waals surface area contributed by atoms with Gasteiger partial charge in [-0.25, -0.2) is 4.79 Å². The summed E-state index contributed by atoms with van der Waals surface area (Å²) in [6, 6.07) is 0. The van der Waals surface area contributed by atoms with Crippen molar-refractivity contribution in [2.45, 2.75) is 91.5 Å². The van der Waals surface area contributed by atoms with E-state index in [4.69, 9.17) is 14.2 Å². The molecule has 2 aliphatic carbocycles. The SMILES string of the molecule is CC.CC.COC1CCCC1OC(=O)OC1CCCC1C. The van der Waals surface area contributed by atoms with E-state index in [0.717, 1.165) is 38.5 Å². The minimum atomic E-state index is -0.516. The normalized spacial score (nSPS) is 30.6. The molecule has 0 radical (unpaired) electrons. The third-order valence-electron chi connectivity index (χ3n) is 3.97. The predicted octanol–water partition coefficient (Wildman–Crippen LogP) is 4.95. The van der Waals surface area contributed by atoms with Gasteiger partial charge < -0.3 is 14.2 Å². The fourth-order valence-corrected chi connectivity index (χ4v) is 2.86. The van der Waals surface area contributed by atoms with E-state index in [1.807, 2.05) is 27.7 Å². The van der Waals surface area contributed by atoms with Crippen molar-refractivity contribution in [3.05, 3.63) is 0 Å². The Bertz CT molecular complexity index is 268. The van der Waals surface area contributed by atoms with Gasteiger partial charge in [0, 0.05) is 7.11 Å². The van der Waals surface area contributed by atoms with Crippen LogP contribution in [0.2, 0.25) is 0 Å². The first-order valence-electron chi connectivity index (χ1n) is 8.60. The van der Waals surface area contributed by atoms with Gasteiger partial charge in [0.15, 0.2) is 0 Å². The Hall–Kier alpha value is -0.770. The van der Waals surface area contributed by atoms with Crippen molar-refractivity contribution in [2.24, 2.45) is 5.92 Å². The van der Waals surface area contributed by atoms with Gasteiger partial charge in [0.25, 0.3) is 0 Å². The maximum atomic E-state index is 11.7. The van der Waals surface area contributed by atoms with Gasteiger partial charge in [-0.15, -0.1) is 0 Å². The molecule has 126 valence electrons. The lowest BCUT2D eigenvalue weighted by molar-refractivity contribution is -0.0484. The zero-order valence-electron chi connectivity index (χ0n) is 14.7. The third-order valence-corrected chi connectivity index (χ3v) is 3.97. The van der Waals surface area contributed by atoms with Crippen molar-refractivity contribution in [1.82, 2.24) is 0 Å². The van der Waals surface area contributed by atoms with Gasteiger partial charge >= 0.3 is 6.16 Å². The lowest BCUT2D eigenvalue weighted by Gasteiger charge is -2.21. The van der Waals surface area contributed by atoms with Crippen LogP contribution >= 0.6 is 0 Å². The highest BCUT2D eigenvalue weighted by Crippen LogP contribution is 2.29. The highest BCUT2D eigenvalue weighted by atomic mass is 16.7. The van der Waals surface area contributed by atoms with Gasteiger partial charge in [0.05, 0.1) is 6.10 Å². The molecule has 2 fully saturated rings. The molecule has 0 aliphatic heterocycles. The standard InChI is InChI=1S/C13H22O4.2C2H6/c1-9-5-3-6-10(9)16-13(14)17-12-8-4-7-11(12)15-2;2*1-2/h9-12H,3-8H2,1-2H3;2*1-2H3. The highest BCUT2D eigenvalue weighted by molar-refractivity contribution is 5.60. The maximum absolute atomic E-state index is 11.7. The zero-order chi connectivity index (χ0) is 16.3. The monoisotopic (exact) mass is 302 g/mol. The van der Waals surface area contributed by atoms with Crippen LogP contribution in [-0.2, 0) is 14.2 Å². The lowest BCUT2D eigenvalue weighted by atomic mass is 10.1. The molecule has 0 aromatic rings. The van der Waals surface area contributed by atoms with E-state index in [9.17, 15) is 4.79 Å². The molecule has 21 heavy (non-hydrogen) atoms. The van der Waals surface area contributed by atoms with E-state index in [1.165, 1.54) is 0 Å². The van der Waals surface area contributed by atoms with Crippen LogP contribution in [0.15, 0.2) is 0 Å². The molecule has 0 spiro atoms. The Morgan fingerprint density at radius 2 is 1.29 bits per heavy atom. The van der Waals surface area contributed by atoms with E-state index in [-0.39, 0.29) is 18.3 Å². The Kier molecular flexibility index (Phi) is 11.4. The van der Waals surface area contributed by atoms with Crippen molar-refractivity contribution < 1.29 is 19.0 Å². The summed E-state index contributed by atoms with van der Waals surface area (Å²) in [6.45, 7) is 10.1. The summed E-state index contributed by atoms with van der Waals surface area (Å²) in [5.41, 5.74) is 0. The van der Waals surface area contributed by atoms with E-state index in [2.05, 4.69) is 6.92 Å². The van der Waals surface area contributed by atoms with Crippen LogP contribution < -0.4 is 0 Å². The Labute approximate surface area is 130 Å². The molecule has 2 rings (SSSR count). The van der Waals surface area contributed by atoms with Crippen molar-refractivity contribution in [3.8, 4) is 0 Å². The van der Waals surface area contributed by atoms with Gasteiger partial charge in [-0.05, 0) is 44.4 Å². The second-order valence-corrected chi connectivity index (χ2v) is 5.18. The molecule has 0 bridgehead atoms. The first kappa shape index (κ1) is 20.2. The summed E-state index contributed by atoms with van der Waals surface area (Å²) in [6.07, 6.45) is 5.61. The Balaban J connectivity index is 0.000000921. The molecule has 4 nitrogen and oxygen atoms in total. The smallest absolute Gasteiger partial charge is 0.431 e. The summed E-state index contributed by atoms with van der Waals surface area (Å²) < 4.78 is 16.0. The molecule has 4 atom stereocenters. The van der Waals surface area contributed by atoms with Crippen LogP contribution in [0, 0.1) is 5.92 Å². The number of carbonyl (C=O) groups excluding carboxylic acids is 1. The molecule has 0 amide bonds. The van der Waals surface area contributed by atoms with Gasteiger partial charge in [-0.3, -0.25) is 0 Å². The summed E-state index contributed by atoms with van der Waals surface area (Å²) >= 11 is 0. The first-order chi connectivity index (χ1) is 10.2. The molecular weight excluding hydrogens is 268 g/mol. The average Bonchev–Trinajstić information content (AvgIpc) is 3.13. The molecule has 2 aliphatic rings. The molecule has 0 aromatic carbocycles. The Morgan fingerprint density at radius 3 is 1.81 bits per heavy atom. The molecule has 0 N–H and O–H groups in total. The maximum Gasteiger partial charge on any atom is 0.508 e. The lowest BCUT2D eigenvalue weighted by Crippen LogP contribution is -2.30. The summed E-state index contributed by atoms with van der Waals surface area (Å²) in [5, 5.41) is 0. The van der Waals surface area contributed by atoms with E-state index in [1.54, 1.807) is 7.11 Å². The second-order valence-electron chi connectivity index (χ2n) is 5.18. The number of hydrogen-bond acceptors (Lipinski definition) is 4. The molecule has 4 heteroatoms. The van der Waals surface area contributed by atoms with Gasteiger partial charge in [0.1, 0.15) is 12.2 Å². The summed E-state index contributed by atoms with van der Waals surface area (Å²) in [4.78, 5) is 11.7. The van der Waals surface area contributed by atoms with Crippen LogP contribution in [0.5, 0.6) is 0 Å². The van der Waals surface area contributed by atoms with Crippen molar-refractivity contribution in [1.29, 1.82) is 0 Å². The topological polar surface area (TPSA) is 44.8 Å². The second kappa shape index (κ2) is 11.8. The molecule has 0 saturated heterocycles. The molecule has 4 unspecified atom stereocenters. The van der Waals surface area contributed by atoms with Crippen LogP contribution in [-0.4, -0.2) is 31.6 Å². The van der Waals surface area contributed by atoms with Gasteiger partial charge in [0.2, 0.25) is 0 Å². The third kappa shape index (κ3) is 6.68. The molecule has 0 heterocycles. The summed E-state index contributed by atoms with van der Waals surface area (Å²) in [5.74, 6) is 0.462. The fourth-order valence-electron chi connectivity index (χ4n) is 2.86. The highest BCUT2D eigenvalue weighted by Gasteiger charge is 2.33. The van der Waals surface area contributed by atoms with Crippen LogP contribution in [0.3, 0.4) is 0 Å². The average molecular weight is 302 g/mol. The minimum Gasteiger partial charge on any atom is -0.431 e. The predicted molar refractivity (Wildman–Crippen MR) is 85.5 cm³/mol. The fraction of sp³-hybridized carbons (Fsp3) is 0.941. The quantitative estimate of drug-likeness (QED) is 0.692. The first-order valence-corrected chi connectivity index (χ1v) is 8.60. The minimum absolute atomic E-state index is 0.0450. The Morgan fingerprint density at radius 1 is 0.810 bits per heavy atom. The van der Waals surface area contributed by atoms with Gasteiger partial charge in [-0.2, -0.15) is 0 Å².